The molecule has 10 nitrogen and oxygen atoms in total. The van der Waals surface area contributed by atoms with Crippen LogP contribution in [0.1, 0.15) is 26.7 Å². The highest BCUT2D eigenvalue weighted by atomic mass is 32.2. The van der Waals surface area contributed by atoms with Crippen LogP contribution in [0.25, 0.3) is 0 Å². The number of hydrogen-bond acceptors (Lipinski definition) is 8. The summed E-state index contributed by atoms with van der Waals surface area (Å²) in [5, 5.41) is 25.6. The second-order valence-corrected chi connectivity index (χ2v) is 9.01. The summed E-state index contributed by atoms with van der Waals surface area (Å²) in [6.07, 6.45) is 4.30. The molecule has 0 saturated heterocycles. The first-order valence-corrected chi connectivity index (χ1v) is 12.4. The predicted molar refractivity (Wildman–Crippen MR) is 119 cm³/mol. The third-order valence-electron chi connectivity index (χ3n) is 4.31. The van der Waals surface area contributed by atoms with Gasteiger partial charge in [-0.1, -0.05) is 13.8 Å². The van der Waals surface area contributed by atoms with E-state index in [0.717, 1.165) is 0 Å². The van der Waals surface area contributed by atoms with Gasteiger partial charge < -0.3 is 31.9 Å². The molecule has 0 aromatic heterocycles. The fourth-order valence-corrected chi connectivity index (χ4v) is 3.25. The predicted octanol–water partition coefficient (Wildman–Crippen LogP) is -0.993. The van der Waals surface area contributed by atoms with E-state index < -0.39 is 54.5 Å². The van der Waals surface area contributed by atoms with Crippen LogP contribution >= 0.6 is 23.5 Å². The number of nitrogens with two attached hydrogens (primary N) is 1. The normalized spacial score (nSPS) is 15.0. The lowest BCUT2D eigenvalue weighted by atomic mass is 10.0. The summed E-state index contributed by atoms with van der Waals surface area (Å²) < 4.78 is 0. The summed E-state index contributed by atoms with van der Waals surface area (Å²) in [5.74, 6) is -2.08. The zero-order valence-corrected chi connectivity index (χ0v) is 19.5. The van der Waals surface area contributed by atoms with Crippen LogP contribution in [-0.2, 0) is 19.2 Å². The van der Waals surface area contributed by atoms with Gasteiger partial charge in [-0.2, -0.15) is 23.5 Å². The molecule has 0 fully saturated rings. The molecule has 0 heterocycles. The van der Waals surface area contributed by atoms with Gasteiger partial charge in [0.1, 0.15) is 18.1 Å². The fourth-order valence-electron chi connectivity index (χ4n) is 2.31. The van der Waals surface area contributed by atoms with Gasteiger partial charge >= 0.3 is 5.97 Å². The van der Waals surface area contributed by atoms with Gasteiger partial charge in [-0.3, -0.25) is 14.4 Å². The zero-order chi connectivity index (χ0) is 23.3. The molecule has 0 aromatic rings. The third kappa shape index (κ3) is 10.5. The molecule has 30 heavy (non-hydrogen) atoms. The van der Waals surface area contributed by atoms with E-state index in [1.54, 1.807) is 13.8 Å². The fraction of sp³-hybridized carbons (Fsp3) is 0.778. The number of amides is 3. The monoisotopic (exact) mass is 466 g/mol. The second kappa shape index (κ2) is 15.3. The topological polar surface area (TPSA) is 171 Å². The van der Waals surface area contributed by atoms with Crippen LogP contribution in [0.15, 0.2) is 0 Å². The quantitative estimate of drug-likeness (QED) is 0.177. The third-order valence-corrected chi connectivity index (χ3v) is 5.59. The maximum Gasteiger partial charge on any atom is 0.328 e. The summed E-state index contributed by atoms with van der Waals surface area (Å²) in [6, 6.07) is -4.13. The number of aliphatic hydroxyl groups is 1. The molecule has 3 amide bonds. The number of nitrogens with one attached hydrogen (secondary N) is 3. The Labute approximate surface area is 185 Å². The molecule has 12 heteroatoms. The molecule has 0 aromatic carbocycles. The molecular weight excluding hydrogens is 432 g/mol. The van der Waals surface area contributed by atoms with Gasteiger partial charge in [0, 0.05) is 0 Å². The molecule has 0 bridgehead atoms. The number of hydrogen-bond donors (Lipinski definition) is 6. The number of carbonyl (C=O) groups is 4. The molecule has 4 unspecified atom stereocenters. The number of rotatable bonds is 15. The Bertz CT molecular complexity index is 579. The number of carbonyl (C=O) groups excluding carboxylic acids is 3. The van der Waals surface area contributed by atoms with Crippen LogP contribution in [0.2, 0.25) is 0 Å². The average molecular weight is 467 g/mol. The summed E-state index contributed by atoms with van der Waals surface area (Å²) in [4.78, 5) is 48.7. The minimum Gasteiger partial charge on any atom is -0.480 e. The molecule has 0 spiro atoms. The van der Waals surface area contributed by atoms with Crippen molar-refractivity contribution in [3.63, 3.8) is 0 Å². The first-order chi connectivity index (χ1) is 14.1. The Morgan fingerprint density at radius 2 is 1.23 bits per heavy atom. The van der Waals surface area contributed by atoms with Gasteiger partial charge in [-0.25, -0.2) is 4.79 Å². The Morgan fingerprint density at radius 3 is 1.57 bits per heavy atom. The number of carboxylic acid groups (broad SMARTS) is 1. The molecule has 7 N–H and O–H groups in total. The van der Waals surface area contributed by atoms with Crippen LogP contribution in [0.5, 0.6) is 0 Å². The van der Waals surface area contributed by atoms with E-state index >= 15 is 0 Å². The summed E-state index contributed by atoms with van der Waals surface area (Å²) in [5.41, 5.74) is 5.86. The highest BCUT2D eigenvalue weighted by Crippen LogP contribution is 2.07. The Kier molecular flexibility index (Phi) is 14.6. The van der Waals surface area contributed by atoms with Crippen molar-refractivity contribution in [3.8, 4) is 0 Å². The van der Waals surface area contributed by atoms with Crippen molar-refractivity contribution in [2.45, 2.75) is 50.9 Å². The largest absolute Gasteiger partial charge is 0.480 e. The standard InChI is InChI=1S/C18H34N4O6S2/c1-10(2)14(19)17(26)21-12(6-8-30-4)15(24)20-11(5-7-29-3)16(25)22-13(9-23)18(27)28/h10-14,23H,5-9,19H2,1-4H3,(H,20,24)(H,21,26)(H,22,25)(H,27,28). The van der Waals surface area contributed by atoms with Crippen molar-refractivity contribution >= 4 is 47.2 Å². The zero-order valence-electron chi connectivity index (χ0n) is 17.8. The lowest BCUT2D eigenvalue weighted by molar-refractivity contribution is -0.143. The van der Waals surface area contributed by atoms with Crippen LogP contribution in [-0.4, -0.2) is 88.7 Å². The summed E-state index contributed by atoms with van der Waals surface area (Å²) in [6.45, 7) is 2.82. The second-order valence-electron chi connectivity index (χ2n) is 7.04. The van der Waals surface area contributed by atoms with Crippen LogP contribution in [0.3, 0.4) is 0 Å². The van der Waals surface area contributed by atoms with Crippen LogP contribution in [0.4, 0.5) is 0 Å². The van der Waals surface area contributed by atoms with Crippen LogP contribution < -0.4 is 21.7 Å². The van der Waals surface area contributed by atoms with E-state index in [1.165, 1.54) is 23.5 Å². The van der Waals surface area contributed by atoms with E-state index in [2.05, 4.69) is 16.0 Å². The molecule has 0 aliphatic rings. The van der Waals surface area contributed by atoms with Gasteiger partial charge in [0.05, 0.1) is 12.6 Å². The van der Waals surface area contributed by atoms with Gasteiger partial charge in [0.15, 0.2) is 0 Å². The van der Waals surface area contributed by atoms with Gasteiger partial charge in [0.2, 0.25) is 17.7 Å². The van der Waals surface area contributed by atoms with E-state index in [-0.39, 0.29) is 12.3 Å². The van der Waals surface area contributed by atoms with Gasteiger partial charge in [0.25, 0.3) is 0 Å². The molecule has 174 valence electrons. The number of carboxylic acids is 1. The molecule has 0 radical (unpaired) electrons. The molecule has 0 aliphatic heterocycles. The lowest BCUT2D eigenvalue weighted by Gasteiger charge is -2.25. The van der Waals surface area contributed by atoms with Crippen molar-refractivity contribution < 1.29 is 29.4 Å². The molecule has 0 saturated carbocycles. The number of aliphatic hydroxyl groups excluding tert-OH is 1. The van der Waals surface area contributed by atoms with E-state index in [0.29, 0.717) is 17.9 Å². The maximum atomic E-state index is 12.8. The molecular formula is C18H34N4O6S2. The average Bonchev–Trinajstić information content (AvgIpc) is 2.70. The van der Waals surface area contributed by atoms with E-state index in [4.69, 9.17) is 15.9 Å². The first kappa shape index (κ1) is 28.5. The van der Waals surface area contributed by atoms with Crippen molar-refractivity contribution in [1.29, 1.82) is 0 Å². The van der Waals surface area contributed by atoms with Gasteiger partial charge in [-0.15, -0.1) is 0 Å². The SMILES string of the molecule is CSCCC(NC(=O)C(CCSC)NC(=O)C(N)C(C)C)C(=O)NC(CO)C(=O)O. The van der Waals surface area contributed by atoms with Crippen LogP contribution in [0, 0.1) is 5.92 Å². The highest BCUT2D eigenvalue weighted by molar-refractivity contribution is 7.98. The van der Waals surface area contributed by atoms with Crippen molar-refractivity contribution in [2.75, 3.05) is 30.6 Å². The van der Waals surface area contributed by atoms with E-state index in [1.807, 2.05) is 12.5 Å². The highest BCUT2D eigenvalue weighted by Gasteiger charge is 2.30. The molecule has 0 rings (SSSR count). The summed E-state index contributed by atoms with van der Waals surface area (Å²) in [7, 11) is 0. The van der Waals surface area contributed by atoms with Crippen molar-refractivity contribution in [3.05, 3.63) is 0 Å². The minimum atomic E-state index is -1.47. The Balaban J connectivity index is 5.32. The molecule has 0 aliphatic carbocycles. The van der Waals surface area contributed by atoms with E-state index in [9.17, 15) is 19.2 Å². The maximum absolute atomic E-state index is 12.8. The van der Waals surface area contributed by atoms with Crippen molar-refractivity contribution in [2.24, 2.45) is 11.7 Å². The Hall–Kier alpha value is -1.50. The first-order valence-electron chi connectivity index (χ1n) is 9.57. The summed E-state index contributed by atoms with van der Waals surface area (Å²) >= 11 is 2.96. The van der Waals surface area contributed by atoms with Gasteiger partial charge in [-0.05, 0) is 42.8 Å². The number of aliphatic carboxylic acids is 1. The number of thioether (sulfide) groups is 2. The smallest absolute Gasteiger partial charge is 0.328 e. The minimum absolute atomic E-state index is 0.110. The Morgan fingerprint density at radius 1 is 0.833 bits per heavy atom. The van der Waals surface area contributed by atoms with Crippen molar-refractivity contribution in [1.82, 2.24) is 16.0 Å². The molecule has 4 atom stereocenters. The lowest BCUT2D eigenvalue weighted by Crippen LogP contribution is -2.58.